The molecule has 8 heteroatoms. The highest BCUT2D eigenvalue weighted by Gasteiger charge is 2.66. The molecule has 0 aliphatic carbocycles. The van der Waals surface area contributed by atoms with Crippen LogP contribution in [0.1, 0.15) is 11.1 Å². The predicted octanol–water partition coefficient (Wildman–Crippen LogP) is 2.02. The molecule has 0 unspecified atom stereocenters. The summed E-state index contributed by atoms with van der Waals surface area (Å²) in [4.78, 5) is 28.4. The van der Waals surface area contributed by atoms with Crippen molar-refractivity contribution in [2.75, 3.05) is 20.4 Å². The van der Waals surface area contributed by atoms with Crippen LogP contribution in [0.3, 0.4) is 0 Å². The quantitative estimate of drug-likeness (QED) is 0.681. The van der Waals surface area contributed by atoms with Crippen molar-refractivity contribution in [1.29, 1.82) is 0 Å². The SMILES string of the molecule is COc1ccc(CNC(=O)[C@H]2[C@H]3C=C[C@@]4(CN(Cc5ccc6c(c5)OCO6)C(=O)[C@@H]24)O3)cc1. The number of amides is 2. The lowest BCUT2D eigenvalue weighted by Crippen LogP contribution is -2.43. The Morgan fingerprint density at radius 2 is 1.94 bits per heavy atom. The molecule has 4 heterocycles. The zero-order valence-electron chi connectivity index (χ0n) is 18.2. The summed E-state index contributed by atoms with van der Waals surface area (Å²) >= 11 is 0. The van der Waals surface area contributed by atoms with Gasteiger partial charge in [0.15, 0.2) is 11.5 Å². The first-order valence-electron chi connectivity index (χ1n) is 11.0. The fourth-order valence-corrected chi connectivity index (χ4v) is 5.32. The van der Waals surface area contributed by atoms with Gasteiger partial charge < -0.3 is 29.2 Å². The second kappa shape index (κ2) is 7.52. The van der Waals surface area contributed by atoms with E-state index in [9.17, 15) is 9.59 Å². The van der Waals surface area contributed by atoms with Gasteiger partial charge in [-0.3, -0.25) is 9.59 Å². The van der Waals surface area contributed by atoms with Crippen LogP contribution in [0.2, 0.25) is 0 Å². The van der Waals surface area contributed by atoms with Crippen LogP contribution in [-0.4, -0.2) is 48.9 Å². The van der Waals surface area contributed by atoms with E-state index in [0.29, 0.717) is 31.1 Å². The van der Waals surface area contributed by atoms with Crippen LogP contribution in [0.5, 0.6) is 17.2 Å². The van der Waals surface area contributed by atoms with Crippen molar-refractivity contribution in [2.45, 2.75) is 24.8 Å². The van der Waals surface area contributed by atoms with Crippen molar-refractivity contribution < 1.29 is 28.5 Å². The van der Waals surface area contributed by atoms with E-state index in [2.05, 4.69) is 5.32 Å². The van der Waals surface area contributed by atoms with E-state index in [1.807, 2.05) is 54.6 Å². The molecule has 4 aliphatic heterocycles. The lowest BCUT2D eigenvalue weighted by atomic mass is 9.77. The van der Waals surface area contributed by atoms with Gasteiger partial charge in [-0.05, 0) is 35.4 Å². The lowest BCUT2D eigenvalue weighted by molar-refractivity contribution is -0.137. The number of ether oxygens (including phenoxy) is 4. The summed E-state index contributed by atoms with van der Waals surface area (Å²) in [6, 6.07) is 13.2. The molecule has 4 atom stereocenters. The predicted molar refractivity (Wildman–Crippen MR) is 117 cm³/mol. The number of methoxy groups -OCH3 is 1. The van der Waals surface area contributed by atoms with Gasteiger partial charge in [-0.15, -0.1) is 0 Å². The molecule has 8 nitrogen and oxygen atoms in total. The normalized spacial score (nSPS) is 28.3. The van der Waals surface area contributed by atoms with E-state index in [4.69, 9.17) is 18.9 Å². The van der Waals surface area contributed by atoms with E-state index in [0.717, 1.165) is 16.9 Å². The Bertz CT molecular complexity index is 1150. The number of carbonyl (C=O) groups is 2. The Hall–Kier alpha value is -3.52. The molecule has 2 aromatic carbocycles. The molecule has 1 spiro atoms. The molecule has 6 rings (SSSR count). The Balaban J connectivity index is 1.16. The summed E-state index contributed by atoms with van der Waals surface area (Å²) in [5, 5.41) is 2.99. The monoisotopic (exact) mass is 448 g/mol. The van der Waals surface area contributed by atoms with Gasteiger partial charge in [-0.2, -0.15) is 0 Å². The van der Waals surface area contributed by atoms with Gasteiger partial charge in [0.1, 0.15) is 11.4 Å². The Morgan fingerprint density at radius 1 is 1.15 bits per heavy atom. The fourth-order valence-electron chi connectivity index (χ4n) is 5.32. The average Bonchev–Trinajstić information content (AvgIpc) is 3.59. The number of carbonyl (C=O) groups excluding carboxylic acids is 2. The molecule has 2 fully saturated rings. The molecule has 170 valence electrons. The summed E-state index contributed by atoms with van der Waals surface area (Å²) in [6.07, 6.45) is 3.51. The minimum Gasteiger partial charge on any atom is -0.497 e. The maximum atomic E-state index is 13.4. The number of nitrogens with zero attached hydrogens (tertiary/aromatic N) is 1. The average molecular weight is 448 g/mol. The zero-order chi connectivity index (χ0) is 22.6. The van der Waals surface area contributed by atoms with Crippen molar-refractivity contribution in [3.8, 4) is 17.2 Å². The number of likely N-dealkylation sites (tertiary alicyclic amines) is 1. The maximum Gasteiger partial charge on any atom is 0.231 e. The third-order valence-electron chi connectivity index (χ3n) is 6.92. The third kappa shape index (κ3) is 3.24. The number of rotatable bonds is 6. The minimum absolute atomic E-state index is 0.0517. The second-order valence-corrected chi connectivity index (χ2v) is 8.85. The number of fused-ring (bicyclic) bond motifs is 2. The molecule has 0 aromatic heterocycles. The van der Waals surface area contributed by atoms with Crippen LogP contribution in [0, 0.1) is 11.8 Å². The van der Waals surface area contributed by atoms with E-state index < -0.39 is 17.4 Å². The number of nitrogens with one attached hydrogen (secondary N) is 1. The number of benzene rings is 2. The standard InChI is InChI=1S/C25H24N2O6/c1-30-17-5-2-15(3-6-17)11-26-23(28)21-19-8-9-25(33-19)13-27(24(29)22(21)25)12-16-4-7-18-20(10-16)32-14-31-18/h2-10,19,21-22H,11-14H2,1H3,(H,26,28)/t19-,21+,22-,25+/m1/s1. The topological polar surface area (TPSA) is 86.3 Å². The van der Waals surface area contributed by atoms with Gasteiger partial charge in [0.2, 0.25) is 18.6 Å². The van der Waals surface area contributed by atoms with Crippen molar-refractivity contribution in [3.63, 3.8) is 0 Å². The van der Waals surface area contributed by atoms with Gasteiger partial charge in [-0.25, -0.2) is 0 Å². The maximum absolute atomic E-state index is 13.4. The third-order valence-corrected chi connectivity index (χ3v) is 6.92. The lowest BCUT2D eigenvalue weighted by Gasteiger charge is -2.23. The van der Waals surface area contributed by atoms with E-state index in [1.54, 1.807) is 12.0 Å². The molecule has 2 saturated heterocycles. The molecule has 0 radical (unpaired) electrons. The van der Waals surface area contributed by atoms with Crippen LogP contribution in [0.25, 0.3) is 0 Å². The van der Waals surface area contributed by atoms with Gasteiger partial charge in [0.25, 0.3) is 0 Å². The van der Waals surface area contributed by atoms with Gasteiger partial charge in [0.05, 0.1) is 31.6 Å². The van der Waals surface area contributed by atoms with Crippen LogP contribution in [0.4, 0.5) is 0 Å². The van der Waals surface area contributed by atoms with Gasteiger partial charge in [-0.1, -0.05) is 30.4 Å². The molecular weight excluding hydrogens is 424 g/mol. The first-order valence-corrected chi connectivity index (χ1v) is 11.0. The summed E-state index contributed by atoms with van der Waals surface area (Å²) in [7, 11) is 1.61. The Morgan fingerprint density at radius 3 is 2.76 bits per heavy atom. The first-order chi connectivity index (χ1) is 16.1. The highest BCUT2D eigenvalue weighted by Crippen LogP contribution is 2.52. The van der Waals surface area contributed by atoms with Crippen LogP contribution >= 0.6 is 0 Å². The minimum atomic E-state index is -0.736. The molecule has 2 aromatic rings. The summed E-state index contributed by atoms with van der Waals surface area (Å²) in [6.45, 7) is 1.44. The van der Waals surface area contributed by atoms with Crippen LogP contribution in [0.15, 0.2) is 54.6 Å². The number of hydrogen-bond donors (Lipinski definition) is 1. The largest absolute Gasteiger partial charge is 0.497 e. The highest BCUT2D eigenvalue weighted by atomic mass is 16.7. The van der Waals surface area contributed by atoms with Crippen LogP contribution < -0.4 is 19.5 Å². The number of hydrogen-bond acceptors (Lipinski definition) is 6. The Labute approximate surface area is 191 Å². The fraction of sp³-hybridized carbons (Fsp3) is 0.360. The molecule has 2 amide bonds. The molecule has 33 heavy (non-hydrogen) atoms. The van der Waals surface area contributed by atoms with Crippen molar-refractivity contribution >= 4 is 11.8 Å². The smallest absolute Gasteiger partial charge is 0.231 e. The zero-order valence-corrected chi connectivity index (χ0v) is 18.2. The summed E-state index contributed by atoms with van der Waals surface area (Å²) in [5.74, 6) is 0.887. The molecule has 2 bridgehead atoms. The summed E-state index contributed by atoms with van der Waals surface area (Å²) < 4.78 is 22.2. The molecule has 4 aliphatic rings. The van der Waals surface area contributed by atoms with Crippen molar-refractivity contribution in [2.24, 2.45) is 11.8 Å². The summed E-state index contributed by atoms with van der Waals surface area (Å²) in [5.41, 5.74) is 1.17. The highest BCUT2D eigenvalue weighted by molar-refractivity contribution is 5.93. The van der Waals surface area contributed by atoms with E-state index in [1.165, 1.54) is 0 Å². The van der Waals surface area contributed by atoms with E-state index in [-0.39, 0.29) is 24.7 Å². The molecule has 0 saturated carbocycles. The molecule has 1 N–H and O–H groups in total. The van der Waals surface area contributed by atoms with Crippen LogP contribution in [-0.2, 0) is 27.4 Å². The van der Waals surface area contributed by atoms with Gasteiger partial charge >= 0.3 is 0 Å². The van der Waals surface area contributed by atoms with Gasteiger partial charge in [0, 0.05) is 13.1 Å². The first kappa shape index (κ1) is 20.1. The second-order valence-electron chi connectivity index (χ2n) is 8.85. The van der Waals surface area contributed by atoms with Crippen molar-refractivity contribution in [3.05, 3.63) is 65.7 Å². The molecular formula is C25H24N2O6. The van der Waals surface area contributed by atoms with Crippen molar-refractivity contribution in [1.82, 2.24) is 10.2 Å². The Kier molecular flexibility index (Phi) is 4.58. The van der Waals surface area contributed by atoms with E-state index >= 15 is 0 Å².